The second kappa shape index (κ2) is 15.9. The second-order valence-corrected chi connectivity index (χ2v) is 11.7. The topological polar surface area (TPSA) is 102 Å². The van der Waals surface area contributed by atoms with Crippen LogP contribution in [-0.4, -0.2) is 79.3 Å². The van der Waals surface area contributed by atoms with E-state index in [4.69, 9.17) is 13.8 Å². The number of phosphoric acid groups is 1. The summed E-state index contributed by atoms with van der Waals surface area (Å²) in [7, 11) is 1.55. The van der Waals surface area contributed by atoms with Gasteiger partial charge in [0.15, 0.2) is 0 Å². The van der Waals surface area contributed by atoms with Crippen molar-refractivity contribution in [2.24, 2.45) is 0 Å². The SMILES string of the molecule is CCCCCCCCCCCC(=O)N1C(=O)O[C@H](COP(=O)(O)OCC[N+](C)(C)C)[C@@H]1CCC. The van der Waals surface area contributed by atoms with Crippen molar-refractivity contribution >= 4 is 19.8 Å². The summed E-state index contributed by atoms with van der Waals surface area (Å²) >= 11 is 0. The molecular formula is C24H48N2O7P+. The van der Waals surface area contributed by atoms with Crippen LogP contribution >= 0.6 is 7.82 Å². The third-order valence-corrected chi connectivity index (χ3v) is 6.96. The van der Waals surface area contributed by atoms with Gasteiger partial charge >= 0.3 is 13.9 Å². The highest BCUT2D eigenvalue weighted by atomic mass is 31.2. The molecule has 0 aromatic carbocycles. The van der Waals surface area contributed by atoms with E-state index in [1.165, 1.54) is 43.4 Å². The number of unbranched alkanes of at least 4 members (excludes halogenated alkanes) is 8. The van der Waals surface area contributed by atoms with Gasteiger partial charge in [-0.05, 0) is 12.8 Å². The first-order valence-corrected chi connectivity index (χ1v) is 14.4. The van der Waals surface area contributed by atoms with Crippen LogP contribution < -0.4 is 0 Å². The number of imide groups is 1. The van der Waals surface area contributed by atoms with Crippen LogP contribution in [0.2, 0.25) is 0 Å². The van der Waals surface area contributed by atoms with Crippen LogP contribution in [0.15, 0.2) is 0 Å². The number of likely N-dealkylation sites (N-methyl/N-ethyl adjacent to an activating group) is 1. The number of hydrogen-bond acceptors (Lipinski definition) is 6. The molecule has 1 aliphatic rings. The number of carbonyl (C=O) groups excluding carboxylic acids is 2. The molecule has 0 spiro atoms. The largest absolute Gasteiger partial charge is 0.472 e. The van der Waals surface area contributed by atoms with Crippen LogP contribution in [0.5, 0.6) is 0 Å². The summed E-state index contributed by atoms with van der Waals surface area (Å²) in [6.07, 6.45) is 10.4. The Kier molecular flexibility index (Phi) is 14.5. The molecule has 1 N–H and O–H groups in total. The summed E-state index contributed by atoms with van der Waals surface area (Å²) in [6, 6.07) is -0.505. The quantitative estimate of drug-likeness (QED) is 0.144. The number of hydrogen-bond donors (Lipinski definition) is 1. The van der Waals surface area contributed by atoms with Crippen molar-refractivity contribution < 1.29 is 37.3 Å². The number of quaternary nitrogens is 1. The van der Waals surface area contributed by atoms with Gasteiger partial charge in [-0.3, -0.25) is 13.8 Å². The van der Waals surface area contributed by atoms with Gasteiger partial charge < -0.3 is 14.1 Å². The van der Waals surface area contributed by atoms with Gasteiger partial charge in [0.25, 0.3) is 0 Å². The normalized spacial score (nSPS) is 20.4. The Balaban J connectivity index is 2.46. The van der Waals surface area contributed by atoms with E-state index in [1.54, 1.807) is 0 Å². The van der Waals surface area contributed by atoms with Gasteiger partial charge in [0.1, 0.15) is 19.3 Å². The molecule has 0 bridgehead atoms. The Morgan fingerprint density at radius 2 is 1.59 bits per heavy atom. The summed E-state index contributed by atoms with van der Waals surface area (Å²) in [6.45, 7) is 4.46. The zero-order valence-corrected chi connectivity index (χ0v) is 22.9. The van der Waals surface area contributed by atoms with Crippen LogP contribution in [0.4, 0.5) is 4.79 Å². The molecule has 2 amide bonds. The maximum atomic E-state index is 12.8. The van der Waals surface area contributed by atoms with Crippen molar-refractivity contribution in [1.29, 1.82) is 0 Å². The number of cyclic esters (lactones) is 1. The average molecular weight is 508 g/mol. The Hall–Kier alpha value is -0.990. The number of phosphoric ester groups is 1. The first-order valence-electron chi connectivity index (χ1n) is 13.0. The second-order valence-electron chi connectivity index (χ2n) is 10.2. The van der Waals surface area contributed by atoms with E-state index in [9.17, 15) is 19.0 Å². The fourth-order valence-corrected chi connectivity index (χ4v) is 4.67. The lowest BCUT2D eigenvalue weighted by Gasteiger charge is -2.25. The maximum Gasteiger partial charge on any atom is 0.472 e. The summed E-state index contributed by atoms with van der Waals surface area (Å²) in [5.41, 5.74) is 0. The average Bonchev–Trinajstić information content (AvgIpc) is 3.05. The molecule has 0 aromatic rings. The highest BCUT2D eigenvalue weighted by Crippen LogP contribution is 2.44. The number of rotatable bonds is 19. The third-order valence-electron chi connectivity index (χ3n) is 5.98. The molecule has 0 radical (unpaired) electrons. The molecule has 1 unspecified atom stereocenters. The highest BCUT2D eigenvalue weighted by molar-refractivity contribution is 7.47. The number of carbonyl (C=O) groups is 2. The minimum absolute atomic E-state index is 0.0590. The monoisotopic (exact) mass is 507 g/mol. The molecule has 1 heterocycles. The Morgan fingerprint density at radius 1 is 1.00 bits per heavy atom. The number of ether oxygens (including phenoxy) is 1. The molecular weight excluding hydrogens is 459 g/mol. The lowest BCUT2D eigenvalue weighted by Crippen LogP contribution is -2.42. The minimum Gasteiger partial charge on any atom is -0.441 e. The van der Waals surface area contributed by atoms with Crippen LogP contribution in [0.25, 0.3) is 0 Å². The Morgan fingerprint density at radius 3 is 2.15 bits per heavy atom. The van der Waals surface area contributed by atoms with E-state index in [1.807, 2.05) is 28.1 Å². The van der Waals surface area contributed by atoms with E-state index in [-0.39, 0.29) is 19.1 Å². The van der Waals surface area contributed by atoms with E-state index >= 15 is 0 Å². The molecule has 0 saturated carbocycles. The van der Waals surface area contributed by atoms with Crippen molar-refractivity contribution in [3.63, 3.8) is 0 Å². The lowest BCUT2D eigenvalue weighted by atomic mass is 10.0. The summed E-state index contributed by atoms with van der Waals surface area (Å²) in [4.78, 5) is 36.4. The molecule has 0 aromatic heterocycles. The van der Waals surface area contributed by atoms with Gasteiger partial charge in [-0.2, -0.15) is 0 Å². The van der Waals surface area contributed by atoms with Gasteiger partial charge in [0, 0.05) is 6.42 Å². The predicted molar refractivity (Wildman–Crippen MR) is 132 cm³/mol. The smallest absolute Gasteiger partial charge is 0.441 e. The van der Waals surface area contributed by atoms with Gasteiger partial charge in [0.2, 0.25) is 5.91 Å². The van der Waals surface area contributed by atoms with Crippen LogP contribution in [0.3, 0.4) is 0 Å². The van der Waals surface area contributed by atoms with Crippen molar-refractivity contribution in [3.05, 3.63) is 0 Å². The molecule has 3 atom stereocenters. The molecule has 200 valence electrons. The summed E-state index contributed by atoms with van der Waals surface area (Å²) < 4.78 is 28.3. The first-order chi connectivity index (χ1) is 16.0. The zero-order valence-electron chi connectivity index (χ0n) is 22.0. The molecule has 1 aliphatic heterocycles. The van der Waals surface area contributed by atoms with E-state index in [2.05, 4.69) is 6.92 Å². The van der Waals surface area contributed by atoms with Crippen molar-refractivity contribution in [3.8, 4) is 0 Å². The molecule has 1 rings (SSSR count). The van der Waals surface area contributed by atoms with Crippen molar-refractivity contribution in [1.82, 2.24) is 4.90 Å². The van der Waals surface area contributed by atoms with Gasteiger partial charge in [-0.1, -0.05) is 71.6 Å². The van der Waals surface area contributed by atoms with E-state index < -0.39 is 26.1 Å². The zero-order chi connectivity index (χ0) is 25.6. The first kappa shape index (κ1) is 31.0. The highest BCUT2D eigenvalue weighted by Gasteiger charge is 2.45. The Labute approximate surface area is 206 Å². The number of amides is 2. The summed E-state index contributed by atoms with van der Waals surface area (Å²) in [5.74, 6) is -0.250. The fraction of sp³-hybridized carbons (Fsp3) is 0.917. The van der Waals surface area contributed by atoms with Crippen LogP contribution in [0, 0.1) is 0 Å². The third kappa shape index (κ3) is 12.6. The molecule has 34 heavy (non-hydrogen) atoms. The van der Waals surface area contributed by atoms with Crippen molar-refractivity contribution in [2.45, 2.75) is 103 Å². The minimum atomic E-state index is -4.28. The van der Waals surface area contributed by atoms with Gasteiger partial charge in [-0.25, -0.2) is 14.3 Å². The van der Waals surface area contributed by atoms with Crippen molar-refractivity contribution in [2.75, 3.05) is 40.9 Å². The molecule has 9 nitrogen and oxygen atoms in total. The van der Waals surface area contributed by atoms with E-state index in [0.717, 1.165) is 25.7 Å². The summed E-state index contributed by atoms with van der Waals surface area (Å²) in [5, 5.41) is 0. The maximum absolute atomic E-state index is 12.8. The molecule has 10 heteroatoms. The molecule has 0 aliphatic carbocycles. The molecule has 1 fully saturated rings. The van der Waals surface area contributed by atoms with Gasteiger partial charge in [-0.15, -0.1) is 0 Å². The standard InChI is InChI=1S/C24H47N2O7P/c1-6-8-9-10-11-12-13-14-15-17-23(27)25-21(16-7-2)22(33-24(25)28)20-32-34(29,30)31-19-18-26(3,4)5/h21-22H,6-20H2,1-5H3/p+1/t21-,22+/m0/s1. The van der Waals surface area contributed by atoms with Gasteiger partial charge in [0.05, 0.1) is 33.8 Å². The predicted octanol–water partition coefficient (Wildman–Crippen LogP) is 5.26. The number of nitrogens with zero attached hydrogens (tertiary/aromatic N) is 2. The molecule has 1 saturated heterocycles. The van der Waals surface area contributed by atoms with Crippen LogP contribution in [0.1, 0.15) is 90.9 Å². The van der Waals surface area contributed by atoms with Crippen LogP contribution in [-0.2, 0) is 23.1 Å². The van der Waals surface area contributed by atoms with E-state index in [0.29, 0.717) is 23.9 Å². The Bertz CT molecular complexity index is 654. The fourth-order valence-electron chi connectivity index (χ4n) is 3.95. The lowest BCUT2D eigenvalue weighted by molar-refractivity contribution is -0.870.